The Morgan fingerprint density at radius 2 is 2.50 bits per heavy atom. The van der Waals surface area contributed by atoms with Crippen LogP contribution in [-0.4, -0.2) is 11.6 Å². The van der Waals surface area contributed by atoms with Crippen molar-refractivity contribution in [2.24, 2.45) is 4.99 Å². The fourth-order valence-electron chi connectivity index (χ4n) is 1.12. The van der Waals surface area contributed by atoms with Crippen molar-refractivity contribution in [1.82, 2.24) is 0 Å². The molecule has 0 aromatic rings. The van der Waals surface area contributed by atoms with Crippen LogP contribution in [0.3, 0.4) is 0 Å². The third kappa shape index (κ3) is 1.60. The van der Waals surface area contributed by atoms with Crippen LogP contribution in [0.2, 0.25) is 0 Å². The predicted octanol–water partition coefficient (Wildman–Crippen LogP) is 2.75. The van der Waals surface area contributed by atoms with Gasteiger partial charge in [-0.05, 0) is 25.3 Å². The van der Waals surface area contributed by atoms with Gasteiger partial charge in [0.15, 0.2) is 0 Å². The number of allylic oxidation sites excluding steroid dienone is 2. The second-order valence-corrected chi connectivity index (χ2v) is 3.10. The maximum absolute atomic E-state index is 5.87. The molecule has 0 N–H and O–H groups in total. The minimum atomic E-state index is 0.124. The molecular formula is C8H12ClN. The van der Waals surface area contributed by atoms with Crippen molar-refractivity contribution in [3.05, 3.63) is 11.3 Å². The summed E-state index contributed by atoms with van der Waals surface area (Å²) in [5.41, 5.74) is 2.54. The molecule has 1 aliphatic rings. The van der Waals surface area contributed by atoms with Crippen molar-refractivity contribution in [3.8, 4) is 0 Å². The van der Waals surface area contributed by atoms with Gasteiger partial charge >= 0.3 is 0 Å². The zero-order valence-electron chi connectivity index (χ0n) is 6.39. The first kappa shape index (κ1) is 7.80. The molecule has 0 spiro atoms. The fraction of sp³-hybridized carbons (Fsp3) is 0.625. The van der Waals surface area contributed by atoms with Crippen LogP contribution < -0.4 is 0 Å². The lowest BCUT2D eigenvalue weighted by atomic mass is 10.0. The molecule has 1 nitrogen and oxygen atoms in total. The van der Waals surface area contributed by atoms with Crippen LogP contribution >= 0.6 is 11.6 Å². The van der Waals surface area contributed by atoms with Gasteiger partial charge in [0.25, 0.3) is 0 Å². The van der Waals surface area contributed by atoms with Gasteiger partial charge in [-0.3, -0.25) is 4.99 Å². The van der Waals surface area contributed by atoms with E-state index in [1.807, 2.05) is 13.1 Å². The number of alkyl halides is 1. The highest BCUT2D eigenvalue weighted by molar-refractivity contribution is 6.28. The third-order valence-corrected chi connectivity index (χ3v) is 2.08. The summed E-state index contributed by atoms with van der Waals surface area (Å²) in [6.07, 6.45) is 3.87. The van der Waals surface area contributed by atoms with Gasteiger partial charge in [0.1, 0.15) is 0 Å². The van der Waals surface area contributed by atoms with E-state index >= 15 is 0 Å². The summed E-state index contributed by atoms with van der Waals surface area (Å²) in [6.45, 7) is 4.18. The van der Waals surface area contributed by atoms with Crippen LogP contribution in [0.25, 0.3) is 0 Å². The van der Waals surface area contributed by atoms with E-state index in [1.165, 1.54) is 5.57 Å². The van der Waals surface area contributed by atoms with E-state index in [0.29, 0.717) is 0 Å². The van der Waals surface area contributed by atoms with Crippen molar-refractivity contribution < 1.29 is 0 Å². The molecule has 0 aromatic carbocycles. The predicted molar refractivity (Wildman–Crippen MR) is 45.7 cm³/mol. The van der Waals surface area contributed by atoms with Crippen molar-refractivity contribution in [2.75, 3.05) is 0 Å². The van der Waals surface area contributed by atoms with Crippen molar-refractivity contribution in [3.63, 3.8) is 0 Å². The van der Waals surface area contributed by atoms with Crippen molar-refractivity contribution in [1.29, 1.82) is 0 Å². The summed E-state index contributed by atoms with van der Waals surface area (Å²) in [4.78, 5) is 4.19. The highest BCUT2D eigenvalue weighted by atomic mass is 35.5. The van der Waals surface area contributed by atoms with Gasteiger partial charge in [-0.1, -0.05) is 6.92 Å². The SMILES string of the molecule is CCC1=C(C)N=CC(Cl)C1. The van der Waals surface area contributed by atoms with E-state index in [9.17, 15) is 0 Å². The lowest BCUT2D eigenvalue weighted by Gasteiger charge is -2.13. The molecule has 0 bridgehead atoms. The van der Waals surface area contributed by atoms with Gasteiger partial charge in [-0.25, -0.2) is 0 Å². The van der Waals surface area contributed by atoms with E-state index in [0.717, 1.165) is 18.5 Å². The Morgan fingerprint density at radius 3 is 3.00 bits per heavy atom. The molecular weight excluding hydrogens is 146 g/mol. The van der Waals surface area contributed by atoms with Crippen LogP contribution in [0.4, 0.5) is 0 Å². The monoisotopic (exact) mass is 157 g/mol. The minimum absolute atomic E-state index is 0.124. The van der Waals surface area contributed by atoms with Gasteiger partial charge in [0, 0.05) is 11.9 Å². The molecule has 1 unspecified atom stereocenters. The fourth-order valence-corrected chi connectivity index (χ4v) is 1.36. The molecule has 0 radical (unpaired) electrons. The normalized spacial score (nSPS) is 25.7. The smallest absolute Gasteiger partial charge is 0.0725 e. The lowest BCUT2D eigenvalue weighted by molar-refractivity contribution is 0.887. The number of halogens is 1. The van der Waals surface area contributed by atoms with Crippen LogP contribution in [0.5, 0.6) is 0 Å². The maximum Gasteiger partial charge on any atom is 0.0725 e. The van der Waals surface area contributed by atoms with Crippen LogP contribution in [0, 0.1) is 0 Å². The molecule has 0 aromatic heterocycles. The van der Waals surface area contributed by atoms with E-state index in [4.69, 9.17) is 11.6 Å². The summed E-state index contributed by atoms with van der Waals surface area (Å²) in [6, 6.07) is 0. The summed E-state index contributed by atoms with van der Waals surface area (Å²) in [5.74, 6) is 0. The van der Waals surface area contributed by atoms with E-state index in [-0.39, 0.29) is 5.38 Å². The largest absolute Gasteiger partial charge is 0.264 e. The van der Waals surface area contributed by atoms with Gasteiger partial charge in [-0.2, -0.15) is 0 Å². The van der Waals surface area contributed by atoms with E-state index in [1.54, 1.807) is 0 Å². The molecule has 1 heterocycles. The number of hydrogen-bond acceptors (Lipinski definition) is 1. The molecule has 56 valence electrons. The first-order valence-electron chi connectivity index (χ1n) is 3.61. The first-order valence-corrected chi connectivity index (χ1v) is 4.04. The highest BCUT2D eigenvalue weighted by Gasteiger charge is 2.10. The zero-order chi connectivity index (χ0) is 7.56. The number of hydrogen-bond donors (Lipinski definition) is 0. The molecule has 0 aliphatic carbocycles. The first-order chi connectivity index (χ1) is 4.74. The Hall–Kier alpha value is -0.300. The summed E-state index contributed by atoms with van der Waals surface area (Å²) >= 11 is 5.87. The molecule has 0 saturated heterocycles. The Morgan fingerprint density at radius 1 is 1.80 bits per heavy atom. The quantitative estimate of drug-likeness (QED) is 0.519. The van der Waals surface area contributed by atoms with Crippen molar-refractivity contribution in [2.45, 2.75) is 32.1 Å². The van der Waals surface area contributed by atoms with E-state index in [2.05, 4.69) is 11.9 Å². The van der Waals surface area contributed by atoms with Gasteiger partial charge in [0.2, 0.25) is 0 Å². The second-order valence-electron chi connectivity index (χ2n) is 2.54. The second kappa shape index (κ2) is 3.20. The number of aliphatic imine (C=N–C) groups is 1. The molecule has 1 aliphatic heterocycles. The van der Waals surface area contributed by atoms with Gasteiger partial charge in [0.05, 0.1) is 5.38 Å². The van der Waals surface area contributed by atoms with Gasteiger partial charge in [-0.15, -0.1) is 11.6 Å². The molecule has 0 fully saturated rings. The standard InChI is InChI=1S/C8H12ClN/c1-3-7-4-8(9)5-10-6(7)2/h5,8H,3-4H2,1-2H3. The summed E-state index contributed by atoms with van der Waals surface area (Å²) < 4.78 is 0. The molecule has 10 heavy (non-hydrogen) atoms. The Balaban J connectivity index is 2.74. The summed E-state index contributed by atoms with van der Waals surface area (Å²) in [7, 11) is 0. The third-order valence-electron chi connectivity index (χ3n) is 1.81. The molecule has 1 atom stereocenters. The molecule has 1 rings (SSSR count). The number of nitrogens with zero attached hydrogens (tertiary/aromatic N) is 1. The van der Waals surface area contributed by atoms with E-state index < -0.39 is 0 Å². The average Bonchev–Trinajstić information content (AvgIpc) is 1.94. The minimum Gasteiger partial charge on any atom is -0.264 e. The van der Waals surface area contributed by atoms with Gasteiger partial charge < -0.3 is 0 Å². The maximum atomic E-state index is 5.87. The average molecular weight is 158 g/mol. The molecule has 0 saturated carbocycles. The Bertz CT molecular complexity index is 182. The topological polar surface area (TPSA) is 12.4 Å². The van der Waals surface area contributed by atoms with Crippen LogP contribution in [0.15, 0.2) is 16.3 Å². The summed E-state index contributed by atoms with van der Waals surface area (Å²) in [5, 5.41) is 0.124. The van der Waals surface area contributed by atoms with Crippen LogP contribution in [-0.2, 0) is 0 Å². The van der Waals surface area contributed by atoms with Crippen LogP contribution in [0.1, 0.15) is 26.7 Å². The number of rotatable bonds is 1. The zero-order valence-corrected chi connectivity index (χ0v) is 7.15. The molecule has 2 heteroatoms. The lowest BCUT2D eigenvalue weighted by Crippen LogP contribution is -2.07. The highest BCUT2D eigenvalue weighted by Crippen LogP contribution is 2.21. The van der Waals surface area contributed by atoms with Crippen molar-refractivity contribution >= 4 is 17.8 Å². The Kier molecular flexibility index (Phi) is 2.50. The molecule has 0 amide bonds. The Labute approximate surface area is 66.8 Å².